The average molecular weight is 224 g/mol. The molecule has 0 amide bonds. The van der Waals surface area contributed by atoms with E-state index in [1.807, 2.05) is 0 Å². The quantitative estimate of drug-likeness (QED) is 0.327. The summed E-state index contributed by atoms with van der Waals surface area (Å²) in [7, 11) is 0. The predicted octanol–water partition coefficient (Wildman–Crippen LogP) is -1.39. The molecule has 0 aromatic carbocycles. The van der Waals surface area contributed by atoms with Crippen LogP contribution in [0.3, 0.4) is 0 Å². The van der Waals surface area contributed by atoms with Gasteiger partial charge in [-0.05, 0) is 0 Å². The van der Waals surface area contributed by atoms with Gasteiger partial charge in [-0.3, -0.25) is 0 Å². The molecule has 0 radical (unpaired) electrons. The first kappa shape index (κ1) is 13.3. The monoisotopic (exact) mass is 224 g/mol. The second-order valence-electron chi connectivity index (χ2n) is 2.62. The lowest BCUT2D eigenvalue weighted by Gasteiger charge is -2.19. The van der Waals surface area contributed by atoms with Gasteiger partial charge in [0.05, 0.1) is 12.8 Å². The van der Waals surface area contributed by atoms with E-state index in [9.17, 15) is 19.5 Å². The van der Waals surface area contributed by atoms with Gasteiger partial charge in [0.1, 0.15) is 0 Å². The van der Waals surface area contributed by atoms with Crippen LogP contribution < -0.4 is 0 Å². The summed E-state index contributed by atoms with van der Waals surface area (Å²) in [4.78, 5) is 37.7. The first-order chi connectivity index (χ1) is 6.85. The normalized spacial score (nSPS) is 10.6. The van der Waals surface area contributed by atoms with E-state index in [4.69, 9.17) is 15.6 Å². The fraction of sp³-hybridized carbons (Fsp3) is 0.500. The van der Waals surface area contributed by atoms with Gasteiger partial charge in [-0.1, -0.05) is 0 Å². The van der Waals surface area contributed by atoms with Crippen molar-refractivity contribution in [1.29, 1.82) is 0 Å². The summed E-state index contributed by atoms with van der Waals surface area (Å²) in [6, 6.07) is 0. The van der Waals surface area contributed by atoms with E-state index >= 15 is 0 Å². The summed E-state index contributed by atoms with van der Waals surface area (Å²) in [5, 5.41) is 33.5. The highest BCUT2D eigenvalue weighted by Crippen LogP contribution is 2.17. The van der Waals surface area contributed by atoms with E-state index in [0.29, 0.717) is 0 Å². The fourth-order valence-electron chi connectivity index (χ4n) is 0.756. The zero-order chi connectivity index (χ0) is 12.1. The Morgan fingerprint density at radius 3 is 1.53 bits per heavy atom. The largest absolute Gasteiger partial charge is 0.479 e. The maximum absolute atomic E-state index is 10.5. The Labute approximate surface area is 82.3 Å². The second-order valence-corrected chi connectivity index (χ2v) is 2.62. The second kappa shape index (κ2) is 5.24. The molecule has 0 saturated heterocycles. The molecule has 0 aromatic rings. The molecule has 0 aliphatic carbocycles. The van der Waals surface area contributed by atoms with Crippen LogP contribution in [0.2, 0.25) is 0 Å². The Hall–Kier alpha value is -1.71. The number of hydrogen-bond donors (Lipinski definition) is 4. The van der Waals surface area contributed by atoms with Gasteiger partial charge in [-0.2, -0.15) is 10.5 Å². The maximum atomic E-state index is 10.5. The van der Waals surface area contributed by atoms with Gasteiger partial charge >= 0.3 is 17.9 Å². The number of carbonyl (C=O) groups is 3. The van der Waals surface area contributed by atoms with Crippen LogP contribution in [0, 0.1) is 0 Å². The van der Waals surface area contributed by atoms with Crippen LogP contribution in [-0.4, -0.2) is 44.2 Å². The Balaban J connectivity index is 4.67. The van der Waals surface area contributed by atoms with E-state index in [1.165, 1.54) is 0 Å². The van der Waals surface area contributed by atoms with Crippen LogP contribution in [0.4, 0.5) is 0 Å². The number of carboxylic acids is 1. The van der Waals surface area contributed by atoms with Crippen molar-refractivity contribution >= 4 is 17.9 Å². The molecule has 0 aromatic heterocycles. The van der Waals surface area contributed by atoms with Crippen LogP contribution in [0.25, 0.3) is 0 Å². The van der Waals surface area contributed by atoms with Crippen LogP contribution >= 0.6 is 0 Å². The van der Waals surface area contributed by atoms with Crippen molar-refractivity contribution in [2.24, 2.45) is 0 Å². The molecule has 0 rings (SSSR count). The van der Waals surface area contributed by atoms with E-state index in [-0.39, 0.29) is 0 Å². The number of hydrogen-bond acceptors (Lipinski definition) is 8. The van der Waals surface area contributed by atoms with Gasteiger partial charge in [-0.25, -0.2) is 14.4 Å². The summed E-state index contributed by atoms with van der Waals surface area (Å²) < 4.78 is 0. The zero-order valence-electron chi connectivity index (χ0n) is 7.24. The topological polar surface area (TPSA) is 151 Å². The highest BCUT2D eigenvalue weighted by atomic mass is 17.1. The molecule has 86 valence electrons. The Kier molecular flexibility index (Phi) is 4.64. The maximum Gasteiger partial charge on any atom is 0.345 e. The molecule has 9 heteroatoms. The van der Waals surface area contributed by atoms with E-state index in [2.05, 4.69) is 9.78 Å². The third-order valence-electron chi connectivity index (χ3n) is 1.48. The summed E-state index contributed by atoms with van der Waals surface area (Å²) >= 11 is 0. The molecule has 0 spiro atoms. The lowest BCUT2D eigenvalue weighted by molar-refractivity contribution is -0.244. The van der Waals surface area contributed by atoms with Crippen molar-refractivity contribution in [3.63, 3.8) is 0 Å². The molecule has 0 bridgehead atoms. The predicted molar refractivity (Wildman–Crippen MR) is 39.3 cm³/mol. The first-order valence-electron chi connectivity index (χ1n) is 3.50. The average Bonchev–Trinajstić information content (AvgIpc) is 2.16. The van der Waals surface area contributed by atoms with Crippen LogP contribution in [0.5, 0.6) is 0 Å². The molecule has 9 nitrogen and oxygen atoms in total. The van der Waals surface area contributed by atoms with E-state index in [0.717, 1.165) is 0 Å². The lowest BCUT2D eigenvalue weighted by Crippen LogP contribution is -2.43. The number of rotatable bonds is 5. The molecule has 0 unspecified atom stereocenters. The van der Waals surface area contributed by atoms with Gasteiger partial charge in [0.2, 0.25) is 0 Å². The van der Waals surface area contributed by atoms with Gasteiger partial charge in [0.15, 0.2) is 5.60 Å². The number of aliphatic carboxylic acids is 1. The third kappa shape index (κ3) is 3.89. The third-order valence-corrected chi connectivity index (χ3v) is 1.48. The number of carbonyl (C=O) groups excluding carboxylic acids is 2. The molecule has 0 saturated carbocycles. The summed E-state index contributed by atoms with van der Waals surface area (Å²) in [5.74, 6) is -4.81. The van der Waals surface area contributed by atoms with Crippen LogP contribution in [-0.2, 0) is 24.2 Å². The molecular formula is C6H8O9. The van der Waals surface area contributed by atoms with Crippen molar-refractivity contribution in [3.8, 4) is 0 Å². The molecular weight excluding hydrogens is 216 g/mol. The minimum atomic E-state index is -2.81. The van der Waals surface area contributed by atoms with Crippen molar-refractivity contribution < 1.29 is 44.9 Å². The SMILES string of the molecule is O=C(CC(O)(CC(=O)OO)C(=O)O)OO. The number of carboxylic acid groups (broad SMARTS) is 1. The van der Waals surface area contributed by atoms with Gasteiger partial charge in [0.25, 0.3) is 0 Å². The molecule has 0 heterocycles. The minimum absolute atomic E-state index is 1.17. The van der Waals surface area contributed by atoms with E-state index < -0.39 is 36.4 Å². The standard InChI is InChI=1S/C6H8O9/c7-3(14-12)1-6(11,5(9)10)2-4(8)15-13/h11-13H,1-2H2,(H,9,10). The van der Waals surface area contributed by atoms with E-state index in [1.54, 1.807) is 0 Å². The van der Waals surface area contributed by atoms with Crippen molar-refractivity contribution in [3.05, 3.63) is 0 Å². The molecule has 0 atom stereocenters. The summed E-state index contributed by atoms with van der Waals surface area (Å²) in [5.41, 5.74) is -2.81. The lowest BCUT2D eigenvalue weighted by atomic mass is 9.96. The fourth-order valence-corrected chi connectivity index (χ4v) is 0.756. The van der Waals surface area contributed by atoms with Crippen molar-refractivity contribution in [2.45, 2.75) is 18.4 Å². The van der Waals surface area contributed by atoms with Gasteiger partial charge in [-0.15, -0.1) is 0 Å². The molecule has 0 fully saturated rings. The van der Waals surface area contributed by atoms with Gasteiger partial charge < -0.3 is 20.0 Å². The first-order valence-corrected chi connectivity index (χ1v) is 3.50. The minimum Gasteiger partial charge on any atom is -0.479 e. The summed E-state index contributed by atoms with van der Waals surface area (Å²) in [6.45, 7) is 0. The summed E-state index contributed by atoms with van der Waals surface area (Å²) in [6.07, 6.45) is -2.35. The Morgan fingerprint density at radius 2 is 1.33 bits per heavy atom. The van der Waals surface area contributed by atoms with Crippen LogP contribution in [0.15, 0.2) is 0 Å². The van der Waals surface area contributed by atoms with Gasteiger partial charge in [0, 0.05) is 0 Å². The smallest absolute Gasteiger partial charge is 0.345 e. The molecule has 15 heavy (non-hydrogen) atoms. The highest BCUT2D eigenvalue weighted by molar-refractivity contribution is 5.88. The molecule has 4 N–H and O–H groups in total. The zero-order valence-corrected chi connectivity index (χ0v) is 7.24. The molecule has 0 aliphatic heterocycles. The van der Waals surface area contributed by atoms with Crippen LogP contribution in [0.1, 0.15) is 12.8 Å². The van der Waals surface area contributed by atoms with Crippen molar-refractivity contribution in [1.82, 2.24) is 0 Å². The Morgan fingerprint density at radius 1 is 1.00 bits per heavy atom. The van der Waals surface area contributed by atoms with Crippen molar-refractivity contribution in [2.75, 3.05) is 0 Å². The Bertz CT molecular complexity index is 252. The molecule has 0 aliphatic rings. The number of aliphatic hydroxyl groups is 1. The highest BCUT2D eigenvalue weighted by Gasteiger charge is 2.42.